The summed E-state index contributed by atoms with van der Waals surface area (Å²) in [7, 11) is 0. The fourth-order valence-corrected chi connectivity index (χ4v) is 1.45. The number of carbonyl (C=O) groups excluding carboxylic acids is 1. The van der Waals surface area contributed by atoms with Gasteiger partial charge in [-0.15, -0.1) is 0 Å². The number of hydroxylamine groups is 1. The van der Waals surface area contributed by atoms with E-state index in [0.717, 1.165) is 11.8 Å². The van der Waals surface area contributed by atoms with Gasteiger partial charge in [-0.1, -0.05) is 30.3 Å². The van der Waals surface area contributed by atoms with Gasteiger partial charge in [-0.2, -0.15) is 5.48 Å². The molecule has 1 aromatic rings. The van der Waals surface area contributed by atoms with Crippen LogP contribution in [-0.2, 0) is 9.63 Å². The predicted molar refractivity (Wildman–Crippen MR) is 47.9 cm³/mol. The molecule has 0 amide bonds. The molecule has 0 aromatic heterocycles. The molecule has 0 radical (unpaired) electrons. The first-order valence-corrected chi connectivity index (χ1v) is 4.31. The van der Waals surface area contributed by atoms with Crippen LogP contribution in [0.2, 0.25) is 0 Å². The largest absolute Gasteiger partial charge is 0.302 e. The zero-order valence-corrected chi connectivity index (χ0v) is 7.14. The molecule has 0 aliphatic carbocycles. The summed E-state index contributed by atoms with van der Waals surface area (Å²) in [5.41, 5.74) is 3.80. The normalized spacial score (nSPS) is 27.4. The summed E-state index contributed by atoms with van der Waals surface area (Å²) in [6.45, 7) is 0. The summed E-state index contributed by atoms with van der Waals surface area (Å²) in [5, 5.41) is 0. The van der Waals surface area contributed by atoms with E-state index in [4.69, 9.17) is 4.84 Å². The van der Waals surface area contributed by atoms with Crippen LogP contribution in [0.5, 0.6) is 0 Å². The summed E-state index contributed by atoms with van der Waals surface area (Å²) >= 11 is 0. The van der Waals surface area contributed by atoms with Crippen LogP contribution in [0.25, 0.3) is 0 Å². The molecule has 0 saturated carbocycles. The molecule has 1 aromatic carbocycles. The van der Waals surface area contributed by atoms with Gasteiger partial charge >= 0.3 is 0 Å². The summed E-state index contributed by atoms with van der Waals surface area (Å²) < 4.78 is 0. The quantitative estimate of drug-likeness (QED) is 0.690. The van der Waals surface area contributed by atoms with Gasteiger partial charge in [0.15, 0.2) is 0 Å². The molecule has 0 spiro atoms. The van der Waals surface area contributed by atoms with E-state index in [1.807, 2.05) is 30.3 Å². The van der Waals surface area contributed by atoms with Gasteiger partial charge in [0.05, 0.1) is 6.04 Å². The monoisotopic (exact) mass is 177 g/mol. The maximum absolute atomic E-state index is 10.4. The molecule has 1 N–H and O–H groups in total. The van der Waals surface area contributed by atoms with E-state index in [1.54, 1.807) is 0 Å². The van der Waals surface area contributed by atoms with Crippen molar-refractivity contribution >= 4 is 6.29 Å². The minimum absolute atomic E-state index is 0.0106. The van der Waals surface area contributed by atoms with E-state index in [1.165, 1.54) is 0 Å². The second kappa shape index (κ2) is 3.68. The summed E-state index contributed by atoms with van der Waals surface area (Å²) in [4.78, 5) is 15.7. The highest BCUT2D eigenvalue weighted by atomic mass is 16.7. The minimum Gasteiger partial charge on any atom is -0.302 e. The van der Waals surface area contributed by atoms with Crippen LogP contribution in [0, 0.1) is 0 Å². The lowest BCUT2D eigenvalue weighted by atomic mass is 10.0. The van der Waals surface area contributed by atoms with Crippen LogP contribution in [0.1, 0.15) is 18.1 Å². The molecule has 1 saturated heterocycles. The molecule has 3 heteroatoms. The number of nitrogens with one attached hydrogen (secondary N) is 1. The zero-order chi connectivity index (χ0) is 9.10. The average Bonchev–Trinajstić information content (AvgIpc) is 2.67. The highest BCUT2D eigenvalue weighted by molar-refractivity contribution is 5.57. The van der Waals surface area contributed by atoms with Crippen LogP contribution in [-0.4, -0.2) is 12.3 Å². The molecule has 13 heavy (non-hydrogen) atoms. The molecule has 3 nitrogen and oxygen atoms in total. The number of hydrogen-bond acceptors (Lipinski definition) is 3. The topological polar surface area (TPSA) is 38.3 Å². The molecule has 1 aliphatic heterocycles. The van der Waals surface area contributed by atoms with E-state index in [-0.39, 0.29) is 12.1 Å². The van der Waals surface area contributed by atoms with E-state index < -0.39 is 0 Å². The Morgan fingerprint density at radius 1 is 1.38 bits per heavy atom. The second-order valence-corrected chi connectivity index (χ2v) is 3.11. The molecule has 1 fully saturated rings. The molecular weight excluding hydrogens is 166 g/mol. The second-order valence-electron chi connectivity index (χ2n) is 3.11. The van der Waals surface area contributed by atoms with E-state index in [2.05, 4.69) is 5.48 Å². The minimum atomic E-state index is -0.162. The first kappa shape index (κ1) is 8.41. The fraction of sp³-hybridized carbons (Fsp3) is 0.300. The van der Waals surface area contributed by atoms with Crippen LogP contribution >= 0.6 is 0 Å². The molecule has 1 aliphatic rings. The molecular formula is C10H11NO2. The Kier molecular flexibility index (Phi) is 2.38. The van der Waals surface area contributed by atoms with Crippen molar-refractivity contribution in [1.82, 2.24) is 5.48 Å². The third-order valence-corrected chi connectivity index (χ3v) is 2.17. The van der Waals surface area contributed by atoms with Gasteiger partial charge < -0.3 is 4.79 Å². The predicted octanol–water partition coefficient (Wildman–Crippen LogP) is 1.22. The fourth-order valence-electron chi connectivity index (χ4n) is 1.45. The van der Waals surface area contributed by atoms with Gasteiger partial charge in [-0.05, 0) is 5.56 Å². The average molecular weight is 177 g/mol. The van der Waals surface area contributed by atoms with Crippen molar-refractivity contribution in [2.45, 2.75) is 18.6 Å². The van der Waals surface area contributed by atoms with Crippen molar-refractivity contribution in [2.75, 3.05) is 0 Å². The number of benzene rings is 1. The lowest BCUT2D eigenvalue weighted by Crippen LogP contribution is -2.20. The third-order valence-electron chi connectivity index (χ3n) is 2.17. The van der Waals surface area contributed by atoms with Gasteiger partial charge in [0, 0.05) is 6.42 Å². The molecule has 1 heterocycles. The standard InChI is InChI=1S/C10H11NO2/c12-7-9-6-10(13-11-9)8-4-2-1-3-5-8/h1-5,7,9-11H,6H2. The van der Waals surface area contributed by atoms with Crippen LogP contribution in [0.4, 0.5) is 0 Å². The number of carbonyl (C=O) groups is 1. The highest BCUT2D eigenvalue weighted by Gasteiger charge is 2.25. The lowest BCUT2D eigenvalue weighted by Gasteiger charge is -2.06. The van der Waals surface area contributed by atoms with E-state index in [0.29, 0.717) is 6.42 Å². The molecule has 2 unspecified atom stereocenters. The van der Waals surface area contributed by atoms with Crippen molar-refractivity contribution in [1.29, 1.82) is 0 Å². The van der Waals surface area contributed by atoms with Gasteiger partial charge in [-0.3, -0.25) is 4.84 Å². The summed E-state index contributed by atoms with van der Waals surface area (Å²) in [6, 6.07) is 9.73. The molecule has 0 bridgehead atoms. The van der Waals surface area contributed by atoms with Crippen molar-refractivity contribution < 1.29 is 9.63 Å². The Balaban J connectivity index is 2.08. The lowest BCUT2D eigenvalue weighted by molar-refractivity contribution is -0.110. The summed E-state index contributed by atoms with van der Waals surface area (Å²) in [5.74, 6) is 0. The van der Waals surface area contributed by atoms with Gasteiger partial charge in [0.2, 0.25) is 0 Å². The Hall–Kier alpha value is -1.19. The first-order chi connectivity index (χ1) is 6.40. The van der Waals surface area contributed by atoms with Crippen molar-refractivity contribution in [3.05, 3.63) is 35.9 Å². The van der Waals surface area contributed by atoms with E-state index in [9.17, 15) is 4.79 Å². The first-order valence-electron chi connectivity index (χ1n) is 4.31. The Labute approximate surface area is 76.7 Å². The van der Waals surface area contributed by atoms with Gasteiger partial charge in [0.1, 0.15) is 12.4 Å². The highest BCUT2D eigenvalue weighted by Crippen LogP contribution is 2.25. The van der Waals surface area contributed by atoms with Gasteiger partial charge in [-0.25, -0.2) is 0 Å². The summed E-state index contributed by atoms with van der Waals surface area (Å²) in [6.07, 6.45) is 1.60. The van der Waals surface area contributed by atoms with Crippen LogP contribution in [0.3, 0.4) is 0 Å². The van der Waals surface area contributed by atoms with Gasteiger partial charge in [0.25, 0.3) is 0 Å². The van der Waals surface area contributed by atoms with Crippen molar-refractivity contribution in [3.8, 4) is 0 Å². The Bertz CT molecular complexity index is 286. The molecule has 68 valence electrons. The van der Waals surface area contributed by atoms with Crippen molar-refractivity contribution in [3.63, 3.8) is 0 Å². The smallest absolute Gasteiger partial charge is 0.139 e. The maximum atomic E-state index is 10.4. The third kappa shape index (κ3) is 1.76. The zero-order valence-electron chi connectivity index (χ0n) is 7.14. The van der Waals surface area contributed by atoms with Crippen molar-refractivity contribution in [2.24, 2.45) is 0 Å². The van der Waals surface area contributed by atoms with Crippen LogP contribution in [0.15, 0.2) is 30.3 Å². The molecule has 2 rings (SSSR count). The number of hydrogen-bond donors (Lipinski definition) is 1. The number of rotatable bonds is 2. The maximum Gasteiger partial charge on any atom is 0.139 e. The number of aldehydes is 1. The van der Waals surface area contributed by atoms with Crippen LogP contribution < -0.4 is 5.48 Å². The Morgan fingerprint density at radius 3 is 2.77 bits per heavy atom. The Morgan fingerprint density at radius 2 is 2.15 bits per heavy atom. The SMILES string of the molecule is O=CC1CC(c2ccccc2)ON1. The van der Waals surface area contributed by atoms with E-state index >= 15 is 0 Å². The molecule has 2 atom stereocenters.